The van der Waals surface area contributed by atoms with E-state index in [0.29, 0.717) is 56.7 Å². The summed E-state index contributed by atoms with van der Waals surface area (Å²) >= 11 is 0. The molecular formula is C41H62N14O7. The molecule has 62 heavy (non-hydrogen) atoms. The summed E-state index contributed by atoms with van der Waals surface area (Å²) in [5.74, 6) is -2.99. The standard InChI is InChI=1S/C41H62N14O7/c1-6-8-10-32(51-38(60)35(25(3)7-2)49-26(4)56)40(62)54-17-15-53(16-18-54)28-12-13-30-29(20-28)39(61)55(24-48-30)22-34(57)50-31(11-9-14-46-41(42)43)37(59)52-33(36(58)44-5)19-27-21-45-23-47-27/h12-13,20-21,23-25,31-33,35H,6-11,14-19,22H2,1-5H3,(H,44,58)(H,45,47)(H,49,56)(H,50,57)(H,51,60)(H,52,59)(H4,42,43,46)/t25-,31-,32-,33-,35-/m0/s1. The Hall–Kier alpha value is -6.54. The van der Waals surface area contributed by atoms with Crippen molar-refractivity contribution in [3.05, 3.63) is 53.1 Å². The van der Waals surface area contributed by atoms with Crippen molar-refractivity contribution in [1.29, 1.82) is 5.41 Å². The second kappa shape index (κ2) is 23.5. The number of unbranched alkanes of at least 4 members (excludes halogenated alkanes) is 1. The Kier molecular flexibility index (Phi) is 18.2. The smallest absolute Gasteiger partial charge is 0.261 e. The Bertz CT molecular complexity index is 2080. The SMILES string of the molecule is CCCC[C@H](NC(=O)[C@@H](NC(C)=O)[C@@H](C)CC)C(=O)N1CCN(c2ccc3ncn(CC(=O)N[C@@H](CCCNC(=N)N)C(=O)N[C@@H](Cc4c[nH]cn4)C(=O)NC)c(=O)c3c2)CC1. The number of piperazine rings is 1. The van der Waals surface area contributed by atoms with Gasteiger partial charge in [0, 0.05) is 65.0 Å². The van der Waals surface area contributed by atoms with Gasteiger partial charge in [-0.2, -0.15) is 0 Å². The zero-order chi connectivity index (χ0) is 45.3. The molecule has 6 amide bonds. The highest BCUT2D eigenvalue weighted by Gasteiger charge is 2.33. The van der Waals surface area contributed by atoms with Gasteiger partial charge in [-0.15, -0.1) is 0 Å². The number of hydrogen-bond acceptors (Lipinski definition) is 11. The maximum Gasteiger partial charge on any atom is 0.261 e. The fraction of sp³-hybridized carbons (Fsp3) is 0.561. The van der Waals surface area contributed by atoms with Gasteiger partial charge in [0.15, 0.2) is 5.96 Å². The fourth-order valence-electron chi connectivity index (χ4n) is 7.17. The maximum absolute atomic E-state index is 13.8. The molecule has 5 atom stereocenters. The number of carbonyl (C=O) groups is 6. The van der Waals surface area contributed by atoms with Gasteiger partial charge >= 0.3 is 0 Å². The quantitative estimate of drug-likeness (QED) is 0.0342. The van der Waals surface area contributed by atoms with Crippen LogP contribution in [0, 0.1) is 11.3 Å². The predicted octanol–water partition coefficient (Wildman–Crippen LogP) is -0.784. The molecule has 0 saturated carbocycles. The van der Waals surface area contributed by atoms with Gasteiger partial charge in [0.2, 0.25) is 35.4 Å². The van der Waals surface area contributed by atoms with Gasteiger partial charge in [-0.1, -0.05) is 40.0 Å². The average molecular weight is 863 g/mol. The lowest BCUT2D eigenvalue weighted by Crippen LogP contribution is -2.58. The first kappa shape index (κ1) is 48.1. The van der Waals surface area contributed by atoms with Crippen LogP contribution in [0.4, 0.5) is 5.69 Å². The van der Waals surface area contributed by atoms with Crippen LogP contribution in [0.15, 0.2) is 41.8 Å². The van der Waals surface area contributed by atoms with E-state index in [-0.39, 0.29) is 54.4 Å². The third-order valence-electron chi connectivity index (χ3n) is 10.9. The third kappa shape index (κ3) is 13.7. The minimum absolute atomic E-state index is 0.0929. The van der Waals surface area contributed by atoms with E-state index >= 15 is 0 Å². The predicted molar refractivity (Wildman–Crippen MR) is 233 cm³/mol. The molecule has 1 aliphatic rings. The van der Waals surface area contributed by atoms with E-state index in [1.54, 1.807) is 23.2 Å². The maximum atomic E-state index is 13.8. The molecule has 3 heterocycles. The number of anilines is 1. The van der Waals surface area contributed by atoms with Crippen LogP contribution in [0.5, 0.6) is 0 Å². The number of nitrogens with zero attached hydrogens (tertiary/aromatic N) is 5. The van der Waals surface area contributed by atoms with Gasteiger partial charge in [-0.3, -0.25) is 43.5 Å². The summed E-state index contributed by atoms with van der Waals surface area (Å²) in [6, 6.07) is 1.67. The molecule has 0 bridgehead atoms. The lowest BCUT2D eigenvalue weighted by molar-refractivity contribution is -0.138. The number of likely N-dealkylation sites (N-methyl/N-ethyl adjacent to an activating group) is 1. The van der Waals surface area contributed by atoms with Gasteiger partial charge in [0.1, 0.15) is 30.7 Å². The Balaban J connectivity index is 1.44. The van der Waals surface area contributed by atoms with Crippen LogP contribution in [0.1, 0.15) is 71.9 Å². The first-order valence-corrected chi connectivity index (χ1v) is 21.1. The molecule has 0 radical (unpaired) electrons. The Morgan fingerprint density at radius 3 is 2.24 bits per heavy atom. The molecule has 0 unspecified atom stereocenters. The minimum atomic E-state index is -1.10. The lowest BCUT2D eigenvalue weighted by Gasteiger charge is -2.38. The summed E-state index contributed by atoms with van der Waals surface area (Å²) in [5, 5.41) is 23.9. The zero-order valence-electron chi connectivity index (χ0n) is 36.2. The summed E-state index contributed by atoms with van der Waals surface area (Å²) in [4.78, 5) is 108. The number of aromatic nitrogens is 4. The van der Waals surface area contributed by atoms with E-state index in [2.05, 4.69) is 46.9 Å². The van der Waals surface area contributed by atoms with E-state index in [0.717, 1.165) is 23.1 Å². The van der Waals surface area contributed by atoms with E-state index in [4.69, 9.17) is 11.1 Å². The zero-order valence-corrected chi connectivity index (χ0v) is 36.2. The number of benzene rings is 1. The van der Waals surface area contributed by atoms with Crippen molar-refractivity contribution >= 4 is 58.0 Å². The number of nitrogens with one attached hydrogen (secondary N) is 8. The number of fused-ring (bicyclic) bond motifs is 1. The molecule has 21 nitrogen and oxygen atoms in total. The van der Waals surface area contributed by atoms with Crippen molar-refractivity contribution in [2.75, 3.05) is 44.7 Å². The molecule has 21 heteroatoms. The van der Waals surface area contributed by atoms with Crippen molar-refractivity contribution in [2.24, 2.45) is 11.7 Å². The number of aromatic amines is 1. The van der Waals surface area contributed by atoms with Crippen molar-refractivity contribution in [1.82, 2.24) is 56.3 Å². The van der Waals surface area contributed by atoms with Crippen LogP contribution < -0.4 is 48.1 Å². The first-order chi connectivity index (χ1) is 29.6. The second-order valence-electron chi connectivity index (χ2n) is 15.5. The monoisotopic (exact) mass is 862 g/mol. The van der Waals surface area contributed by atoms with Crippen molar-refractivity contribution in [3.63, 3.8) is 0 Å². The summed E-state index contributed by atoms with van der Waals surface area (Å²) < 4.78 is 1.15. The van der Waals surface area contributed by atoms with Crippen LogP contribution in [-0.4, -0.2) is 130 Å². The normalized spacial score (nSPS) is 15.0. The number of nitrogens with two attached hydrogens (primary N) is 1. The molecule has 0 spiro atoms. The van der Waals surface area contributed by atoms with E-state index < -0.39 is 54.0 Å². The van der Waals surface area contributed by atoms with Crippen molar-refractivity contribution < 1.29 is 28.8 Å². The highest BCUT2D eigenvalue weighted by atomic mass is 16.2. The van der Waals surface area contributed by atoms with E-state index in [1.807, 2.05) is 31.7 Å². The molecular weight excluding hydrogens is 801 g/mol. The Morgan fingerprint density at radius 2 is 1.61 bits per heavy atom. The minimum Gasteiger partial charge on any atom is -0.370 e. The Labute approximate surface area is 360 Å². The van der Waals surface area contributed by atoms with Crippen molar-refractivity contribution in [2.45, 2.75) is 103 Å². The molecule has 3 aromatic rings. The average Bonchev–Trinajstić information content (AvgIpc) is 3.78. The van der Waals surface area contributed by atoms with Crippen LogP contribution in [-0.2, 0) is 41.7 Å². The molecule has 1 fully saturated rings. The number of hydrogen-bond donors (Lipinski definition) is 9. The van der Waals surface area contributed by atoms with Crippen molar-refractivity contribution in [3.8, 4) is 0 Å². The highest BCUT2D eigenvalue weighted by Crippen LogP contribution is 2.21. The molecule has 2 aromatic heterocycles. The van der Waals surface area contributed by atoms with E-state index in [9.17, 15) is 33.6 Å². The van der Waals surface area contributed by atoms with Crippen LogP contribution in [0.2, 0.25) is 0 Å². The van der Waals surface area contributed by atoms with Gasteiger partial charge in [0.25, 0.3) is 5.56 Å². The summed E-state index contributed by atoms with van der Waals surface area (Å²) in [5.41, 5.74) is 6.60. The molecule has 1 saturated heterocycles. The van der Waals surface area contributed by atoms with Gasteiger partial charge in [0.05, 0.1) is 29.3 Å². The first-order valence-electron chi connectivity index (χ1n) is 21.1. The van der Waals surface area contributed by atoms with Crippen LogP contribution in [0.3, 0.4) is 0 Å². The topological polar surface area (TPSA) is 295 Å². The number of carbonyl (C=O) groups excluding carboxylic acids is 6. The summed E-state index contributed by atoms with van der Waals surface area (Å²) in [6.07, 6.45) is 7.58. The van der Waals surface area contributed by atoms with Gasteiger partial charge < -0.3 is 52.4 Å². The summed E-state index contributed by atoms with van der Waals surface area (Å²) in [7, 11) is 1.44. The summed E-state index contributed by atoms with van der Waals surface area (Å²) in [6.45, 7) is 8.66. The van der Waals surface area contributed by atoms with Crippen LogP contribution >= 0.6 is 0 Å². The highest BCUT2D eigenvalue weighted by molar-refractivity contribution is 5.93. The molecule has 0 aliphatic carbocycles. The Morgan fingerprint density at radius 1 is 0.903 bits per heavy atom. The second-order valence-corrected chi connectivity index (χ2v) is 15.5. The largest absolute Gasteiger partial charge is 0.370 e. The molecule has 4 rings (SSSR count). The molecule has 1 aliphatic heterocycles. The van der Waals surface area contributed by atoms with Gasteiger partial charge in [-0.05, 0) is 43.4 Å². The number of rotatable bonds is 22. The molecule has 10 N–H and O–H groups in total. The third-order valence-corrected chi connectivity index (χ3v) is 10.9. The number of imidazole rings is 1. The molecule has 1 aromatic carbocycles. The number of amides is 6. The fourth-order valence-corrected chi connectivity index (χ4v) is 7.17. The number of guanidine groups is 1. The lowest BCUT2D eigenvalue weighted by atomic mass is 9.97. The molecule has 338 valence electrons. The van der Waals surface area contributed by atoms with Crippen LogP contribution in [0.25, 0.3) is 10.9 Å². The van der Waals surface area contributed by atoms with Gasteiger partial charge in [-0.25, -0.2) is 9.97 Å². The van der Waals surface area contributed by atoms with E-state index in [1.165, 1.54) is 26.6 Å². The number of H-pyrrole nitrogens is 1.